The standard InChI is InChI=1S/C15H15ClO4S/c1-3-11-4-7-13(8-5-11)20-21(17,18)15-10-12(16)6-9-14(15)19-2/h4-10H,3H2,1-2H3. The first-order chi connectivity index (χ1) is 9.96. The molecule has 2 aromatic rings. The molecule has 0 radical (unpaired) electrons. The Morgan fingerprint density at radius 2 is 1.76 bits per heavy atom. The molecule has 0 aliphatic rings. The maximum absolute atomic E-state index is 12.3. The van der Waals surface area contributed by atoms with Crippen LogP contribution < -0.4 is 8.92 Å². The molecule has 112 valence electrons. The van der Waals surface area contributed by atoms with E-state index in [-0.39, 0.29) is 16.4 Å². The van der Waals surface area contributed by atoms with Crippen molar-refractivity contribution in [3.63, 3.8) is 0 Å². The summed E-state index contributed by atoms with van der Waals surface area (Å²) in [6.07, 6.45) is 0.870. The summed E-state index contributed by atoms with van der Waals surface area (Å²) in [6.45, 7) is 2.02. The third kappa shape index (κ3) is 3.68. The van der Waals surface area contributed by atoms with Crippen LogP contribution >= 0.6 is 11.6 Å². The Morgan fingerprint density at radius 3 is 2.33 bits per heavy atom. The summed E-state index contributed by atoms with van der Waals surface area (Å²) in [5.74, 6) is 0.429. The molecule has 21 heavy (non-hydrogen) atoms. The SMILES string of the molecule is CCc1ccc(OS(=O)(=O)c2cc(Cl)ccc2OC)cc1. The molecule has 0 aliphatic carbocycles. The third-order valence-corrected chi connectivity index (χ3v) is 4.44. The smallest absolute Gasteiger partial charge is 0.342 e. The maximum atomic E-state index is 12.3. The lowest BCUT2D eigenvalue weighted by molar-refractivity contribution is 0.398. The topological polar surface area (TPSA) is 52.6 Å². The van der Waals surface area contributed by atoms with Crippen molar-refractivity contribution in [3.8, 4) is 11.5 Å². The minimum atomic E-state index is -4.01. The number of ether oxygens (including phenoxy) is 1. The van der Waals surface area contributed by atoms with Gasteiger partial charge in [-0.05, 0) is 42.3 Å². The summed E-state index contributed by atoms with van der Waals surface area (Å²) < 4.78 is 34.8. The second-order valence-corrected chi connectivity index (χ2v) is 6.28. The van der Waals surface area contributed by atoms with E-state index in [0.29, 0.717) is 5.02 Å². The van der Waals surface area contributed by atoms with Crippen LogP contribution in [0.3, 0.4) is 0 Å². The zero-order valence-electron chi connectivity index (χ0n) is 11.7. The third-order valence-electron chi connectivity index (χ3n) is 2.93. The number of aryl methyl sites for hydroxylation is 1. The largest absolute Gasteiger partial charge is 0.495 e. The van der Waals surface area contributed by atoms with Gasteiger partial charge < -0.3 is 8.92 Å². The molecule has 0 fully saturated rings. The maximum Gasteiger partial charge on any atom is 0.342 e. The molecule has 2 aromatic carbocycles. The van der Waals surface area contributed by atoms with E-state index in [1.165, 1.54) is 19.2 Å². The minimum absolute atomic E-state index is 0.0999. The molecule has 0 heterocycles. The first-order valence-corrected chi connectivity index (χ1v) is 8.12. The van der Waals surface area contributed by atoms with E-state index in [9.17, 15) is 8.42 Å². The van der Waals surface area contributed by atoms with Crippen LogP contribution in [0.5, 0.6) is 11.5 Å². The molecule has 0 saturated heterocycles. The van der Waals surface area contributed by atoms with Gasteiger partial charge in [-0.15, -0.1) is 0 Å². The molecule has 0 aromatic heterocycles. The second-order valence-electron chi connectivity index (χ2n) is 4.33. The van der Waals surface area contributed by atoms with E-state index in [0.717, 1.165) is 12.0 Å². The summed E-state index contributed by atoms with van der Waals surface area (Å²) in [5, 5.41) is 0.291. The molecule has 2 rings (SSSR count). The highest BCUT2D eigenvalue weighted by Crippen LogP contribution is 2.29. The van der Waals surface area contributed by atoms with Gasteiger partial charge in [-0.1, -0.05) is 30.7 Å². The van der Waals surface area contributed by atoms with E-state index in [2.05, 4.69) is 0 Å². The van der Waals surface area contributed by atoms with Crippen molar-refractivity contribution in [2.24, 2.45) is 0 Å². The van der Waals surface area contributed by atoms with Crippen LogP contribution in [0.4, 0.5) is 0 Å². The molecule has 0 aliphatic heterocycles. The highest BCUT2D eigenvalue weighted by Gasteiger charge is 2.22. The van der Waals surface area contributed by atoms with Gasteiger partial charge in [0.2, 0.25) is 0 Å². The van der Waals surface area contributed by atoms with Crippen LogP contribution in [-0.4, -0.2) is 15.5 Å². The van der Waals surface area contributed by atoms with Gasteiger partial charge in [0, 0.05) is 5.02 Å². The average Bonchev–Trinajstić information content (AvgIpc) is 2.47. The fourth-order valence-corrected chi connectivity index (χ4v) is 3.16. The second kappa shape index (κ2) is 6.37. The molecule has 0 saturated carbocycles. The lowest BCUT2D eigenvalue weighted by Gasteiger charge is -2.11. The van der Waals surface area contributed by atoms with Crippen LogP contribution in [0.1, 0.15) is 12.5 Å². The van der Waals surface area contributed by atoms with Gasteiger partial charge in [-0.2, -0.15) is 8.42 Å². The zero-order valence-corrected chi connectivity index (χ0v) is 13.2. The van der Waals surface area contributed by atoms with Crippen molar-refractivity contribution in [1.29, 1.82) is 0 Å². The Kier molecular flexibility index (Phi) is 4.75. The monoisotopic (exact) mass is 326 g/mol. The summed E-state index contributed by atoms with van der Waals surface area (Å²) in [6, 6.07) is 11.2. The van der Waals surface area contributed by atoms with E-state index >= 15 is 0 Å². The van der Waals surface area contributed by atoms with Crippen molar-refractivity contribution < 1.29 is 17.3 Å². The van der Waals surface area contributed by atoms with Crippen molar-refractivity contribution in [2.45, 2.75) is 18.2 Å². The molecule has 0 atom stereocenters. The number of hydrogen-bond acceptors (Lipinski definition) is 4. The van der Waals surface area contributed by atoms with Gasteiger partial charge in [0.25, 0.3) is 0 Å². The predicted molar refractivity (Wildman–Crippen MR) is 81.6 cm³/mol. The molecule has 0 unspecified atom stereocenters. The number of benzene rings is 2. The molecular formula is C15H15ClO4S. The quantitative estimate of drug-likeness (QED) is 0.786. The Labute approximate surface area is 129 Å². The summed E-state index contributed by atoms with van der Waals surface area (Å²) >= 11 is 5.85. The first-order valence-electron chi connectivity index (χ1n) is 6.33. The van der Waals surface area contributed by atoms with Crippen LogP contribution in [-0.2, 0) is 16.5 Å². The fourth-order valence-electron chi connectivity index (χ4n) is 1.80. The fraction of sp³-hybridized carbons (Fsp3) is 0.200. The lowest BCUT2D eigenvalue weighted by atomic mass is 10.2. The van der Waals surface area contributed by atoms with Crippen LogP contribution in [0.25, 0.3) is 0 Å². The molecule has 6 heteroatoms. The summed E-state index contributed by atoms with van der Waals surface area (Å²) in [5.41, 5.74) is 1.10. The van der Waals surface area contributed by atoms with E-state index in [1.807, 2.05) is 19.1 Å². The highest BCUT2D eigenvalue weighted by molar-refractivity contribution is 7.87. The van der Waals surface area contributed by atoms with Gasteiger partial charge >= 0.3 is 10.1 Å². The molecule has 0 amide bonds. The van der Waals surface area contributed by atoms with E-state index < -0.39 is 10.1 Å². The minimum Gasteiger partial charge on any atom is -0.495 e. The van der Waals surface area contributed by atoms with E-state index in [1.54, 1.807) is 18.2 Å². The Morgan fingerprint density at radius 1 is 1.10 bits per heavy atom. The van der Waals surface area contributed by atoms with Gasteiger partial charge in [0.1, 0.15) is 16.4 Å². The molecule has 0 bridgehead atoms. The summed E-state index contributed by atoms with van der Waals surface area (Å²) in [7, 11) is -2.62. The normalized spacial score (nSPS) is 11.2. The number of methoxy groups -OCH3 is 1. The number of halogens is 1. The highest BCUT2D eigenvalue weighted by atomic mass is 35.5. The predicted octanol–water partition coefficient (Wildman–Crippen LogP) is 3.68. The molecule has 0 N–H and O–H groups in total. The van der Waals surface area contributed by atoms with Crippen molar-refractivity contribution in [3.05, 3.63) is 53.1 Å². The first kappa shape index (κ1) is 15.7. The van der Waals surface area contributed by atoms with Gasteiger partial charge in [0.15, 0.2) is 0 Å². The molecule has 0 spiro atoms. The van der Waals surface area contributed by atoms with Gasteiger partial charge in [-0.3, -0.25) is 0 Å². The molecular weight excluding hydrogens is 312 g/mol. The Hall–Kier alpha value is -1.72. The van der Waals surface area contributed by atoms with Crippen molar-refractivity contribution in [2.75, 3.05) is 7.11 Å². The van der Waals surface area contributed by atoms with Crippen LogP contribution in [0.15, 0.2) is 47.4 Å². The Bertz CT molecular complexity index is 724. The Balaban J connectivity index is 2.35. The lowest BCUT2D eigenvalue weighted by Crippen LogP contribution is -2.11. The van der Waals surface area contributed by atoms with Crippen LogP contribution in [0.2, 0.25) is 5.02 Å². The summed E-state index contributed by atoms with van der Waals surface area (Å²) in [4.78, 5) is -0.0999. The zero-order chi connectivity index (χ0) is 15.5. The number of hydrogen-bond donors (Lipinski definition) is 0. The molecule has 4 nitrogen and oxygen atoms in total. The number of rotatable bonds is 5. The van der Waals surface area contributed by atoms with E-state index in [4.69, 9.17) is 20.5 Å². The van der Waals surface area contributed by atoms with Crippen molar-refractivity contribution >= 4 is 21.7 Å². The van der Waals surface area contributed by atoms with Gasteiger partial charge in [-0.25, -0.2) is 0 Å². The van der Waals surface area contributed by atoms with Gasteiger partial charge in [0.05, 0.1) is 7.11 Å². The average molecular weight is 327 g/mol. The van der Waals surface area contributed by atoms with Crippen molar-refractivity contribution in [1.82, 2.24) is 0 Å². The van der Waals surface area contributed by atoms with Crippen LogP contribution in [0, 0.1) is 0 Å².